The Balaban J connectivity index is 1.71. The summed E-state index contributed by atoms with van der Waals surface area (Å²) in [5.74, 6) is 1.25. The van der Waals surface area contributed by atoms with Crippen LogP contribution in [0.25, 0.3) is 0 Å². The van der Waals surface area contributed by atoms with Gasteiger partial charge in [0, 0.05) is 29.4 Å². The molecule has 2 rings (SSSR count). The molecule has 2 N–H and O–H groups in total. The number of aromatic hydroxyl groups is 1. The van der Waals surface area contributed by atoms with Crippen molar-refractivity contribution in [2.45, 2.75) is 18.4 Å². The summed E-state index contributed by atoms with van der Waals surface area (Å²) in [5.41, 5.74) is 1.64. The average Bonchev–Trinajstić information content (AvgIpc) is 2.43. The first kappa shape index (κ1) is 13.9. The zero-order valence-electron chi connectivity index (χ0n) is 11.0. The third-order valence-corrected chi connectivity index (χ3v) is 3.69. The number of benzene rings is 1. The van der Waals surface area contributed by atoms with Gasteiger partial charge in [0.15, 0.2) is 0 Å². The molecule has 0 atom stereocenters. The van der Waals surface area contributed by atoms with E-state index in [2.05, 4.69) is 22.4 Å². The molecule has 1 aromatic carbocycles. The molecule has 0 spiro atoms. The van der Waals surface area contributed by atoms with Gasteiger partial charge in [-0.2, -0.15) is 0 Å². The van der Waals surface area contributed by atoms with Crippen LogP contribution in [0, 0.1) is 6.92 Å². The monoisotopic (exact) mass is 274 g/mol. The highest BCUT2D eigenvalue weighted by molar-refractivity contribution is 7.99. The first-order valence-electron chi connectivity index (χ1n) is 6.30. The second-order valence-corrected chi connectivity index (χ2v) is 5.43. The van der Waals surface area contributed by atoms with Crippen molar-refractivity contribution in [3.8, 4) is 5.75 Å². The van der Waals surface area contributed by atoms with E-state index in [0.717, 1.165) is 18.0 Å². The van der Waals surface area contributed by atoms with Gasteiger partial charge in [-0.25, -0.2) is 0 Å². The van der Waals surface area contributed by atoms with Crippen LogP contribution >= 0.6 is 11.8 Å². The summed E-state index contributed by atoms with van der Waals surface area (Å²) in [5, 5.41) is 13.0. The van der Waals surface area contributed by atoms with E-state index in [1.54, 1.807) is 6.07 Å². The fraction of sp³-hybridized carbons (Fsp3) is 0.267. The van der Waals surface area contributed by atoms with Crippen LogP contribution in [0.3, 0.4) is 0 Å². The normalized spacial score (nSPS) is 10.6. The molecule has 0 aliphatic carbocycles. The smallest absolute Gasteiger partial charge is 0.138 e. The van der Waals surface area contributed by atoms with Crippen LogP contribution in [-0.4, -0.2) is 22.4 Å². The SMILES string of the molecule is Cc1ccc(O)c(CNCCSc2ccccc2)n1. The van der Waals surface area contributed by atoms with Crippen molar-refractivity contribution in [2.75, 3.05) is 12.3 Å². The summed E-state index contributed by atoms with van der Waals surface area (Å²) in [4.78, 5) is 5.59. The van der Waals surface area contributed by atoms with Gasteiger partial charge in [0.1, 0.15) is 5.75 Å². The predicted molar refractivity (Wildman–Crippen MR) is 79.5 cm³/mol. The van der Waals surface area contributed by atoms with Crippen LogP contribution in [0.5, 0.6) is 5.75 Å². The van der Waals surface area contributed by atoms with E-state index < -0.39 is 0 Å². The van der Waals surface area contributed by atoms with Crippen LogP contribution in [-0.2, 0) is 6.54 Å². The second-order valence-electron chi connectivity index (χ2n) is 4.26. The van der Waals surface area contributed by atoms with Gasteiger partial charge in [-0.15, -0.1) is 11.8 Å². The minimum Gasteiger partial charge on any atom is -0.506 e. The Labute approximate surface area is 118 Å². The lowest BCUT2D eigenvalue weighted by atomic mass is 10.3. The van der Waals surface area contributed by atoms with Gasteiger partial charge in [0.05, 0.1) is 5.69 Å². The molecule has 4 heteroatoms. The molecule has 19 heavy (non-hydrogen) atoms. The average molecular weight is 274 g/mol. The number of pyridine rings is 1. The van der Waals surface area contributed by atoms with E-state index in [1.807, 2.05) is 43.0 Å². The summed E-state index contributed by atoms with van der Waals surface area (Å²) >= 11 is 1.82. The highest BCUT2D eigenvalue weighted by atomic mass is 32.2. The van der Waals surface area contributed by atoms with Crippen LogP contribution in [0.15, 0.2) is 47.4 Å². The highest BCUT2D eigenvalue weighted by Gasteiger charge is 2.02. The maximum Gasteiger partial charge on any atom is 0.138 e. The van der Waals surface area contributed by atoms with Crippen molar-refractivity contribution >= 4 is 11.8 Å². The molecule has 0 saturated carbocycles. The highest BCUT2D eigenvalue weighted by Crippen LogP contribution is 2.16. The standard InChI is InChI=1S/C15H18N2OS/c1-12-7-8-15(18)14(17-12)11-16-9-10-19-13-5-3-2-4-6-13/h2-8,16,18H,9-11H2,1H3. The Hall–Kier alpha value is -1.52. The second kappa shape index (κ2) is 7.16. The molecule has 1 aromatic heterocycles. The summed E-state index contributed by atoms with van der Waals surface area (Å²) < 4.78 is 0. The summed E-state index contributed by atoms with van der Waals surface area (Å²) in [6.45, 7) is 3.41. The molecule has 3 nitrogen and oxygen atoms in total. The van der Waals surface area contributed by atoms with Crippen LogP contribution in [0.1, 0.15) is 11.4 Å². The number of aryl methyl sites for hydroxylation is 1. The van der Waals surface area contributed by atoms with Crippen molar-refractivity contribution in [2.24, 2.45) is 0 Å². The third-order valence-electron chi connectivity index (χ3n) is 2.67. The van der Waals surface area contributed by atoms with Gasteiger partial charge >= 0.3 is 0 Å². The molecule has 0 fully saturated rings. The van der Waals surface area contributed by atoms with E-state index in [9.17, 15) is 5.11 Å². The molecule has 2 aromatic rings. The van der Waals surface area contributed by atoms with Gasteiger partial charge in [0.2, 0.25) is 0 Å². The Morgan fingerprint density at radius 2 is 1.95 bits per heavy atom. The zero-order valence-corrected chi connectivity index (χ0v) is 11.8. The van der Waals surface area contributed by atoms with Gasteiger partial charge in [-0.3, -0.25) is 4.98 Å². The largest absolute Gasteiger partial charge is 0.506 e. The van der Waals surface area contributed by atoms with Crippen molar-refractivity contribution in [3.63, 3.8) is 0 Å². The fourth-order valence-electron chi connectivity index (χ4n) is 1.70. The van der Waals surface area contributed by atoms with Crippen LogP contribution in [0.2, 0.25) is 0 Å². The Bertz CT molecular complexity index is 517. The summed E-state index contributed by atoms with van der Waals surface area (Å²) in [6.07, 6.45) is 0. The molecule has 0 amide bonds. The summed E-state index contributed by atoms with van der Waals surface area (Å²) in [6, 6.07) is 13.8. The molecule has 1 heterocycles. The van der Waals surface area contributed by atoms with E-state index in [-0.39, 0.29) is 5.75 Å². The molecule has 0 unspecified atom stereocenters. The Morgan fingerprint density at radius 1 is 1.16 bits per heavy atom. The quantitative estimate of drug-likeness (QED) is 0.628. The van der Waals surface area contributed by atoms with Crippen molar-refractivity contribution in [3.05, 3.63) is 53.9 Å². The molecular weight excluding hydrogens is 256 g/mol. The van der Waals surface area contributed by atoms with Gasteiger partial charge in [-0.05, 0) is 31.2 Å². The van der Waals surface area contributed by atoms with E-state index in [1.165, 1.54) is 4.90 Å². The first-order chi connectivity index (χ1) is 9.25. The number of nitrogens with zero attached hydrogens (tertiary/aromatic N) is 1. The van der Waals surface area contributed by atoms with Gasteiger partial charge in [0.25, 0.3) is 0 Å². The fourth-order valence-corrected chi connectivity index (χ4v) is 2.53. The third kappa shape index (κ3) is 4.58. The molecule has 0 aliphatic heterocycles. The van der Waals surface area contributed by atoms with Crippen LogP contribution < -0.4 is 5.32 Å². The maximum absolute atomic E-state index is 9.66. The molecular formula is C15H18N2OS. The summed E-state index contributed by atoms with van der Waals surface area (Å²) in [7, 11) is 0. The number of rotatable bonds is 6. The zero-order chi connectivity index (χ0) is 13.5. The lowest BCUT2D eigenvalue weighted by molar-refractivity contribution is 0.460. The lowest BCUT2D eigenvalue weighted by Crippen LogP contribution is -2.17. The molecule has 0 saturated heterocycles. The van der Waals surface area contributed by atoms with E-state index >= 15 is 0 Å². The minimum absolute atomic E-state index is 0.258. The first-order valence-corrected chi connectivity index (χ1v) is 7.28. The topological polar surface area (TPSA) is 45.1 Å². The van der Waals surface area contributed by atoms with Gasteiger partial charge < -0.3 is 10.4 Å². The Kier molecular flexibility index (Phi) is 5.24. The predicted octanol–water partition coefficient (Wildman–Crippen LogP) is 2.98. The maximum atomic E-state index is 9.66. The van der Waals surface area contributed by atoms with E-state index in [4.69, 9.17) is 0 Å². The number of aromatic nitrogens is 1. The van der Waals surface area contributed by atoms with Crippen molar-refractivity contribution < 1.29 is 5.11 Å². The number of nitrogens with one attached hydrogen (secondary N) is 1. The minimum atomic E-state index is 0.258. The molecule has 0 bridgehead atoms. The molecule has 0 aliphatic rings. The number of thioether (sulfide) groups is 1. The van der Waals surface area contributed by atoms with Gasteiger partial charge in [-0.1, -0.05) is 18.2 Å². The van der Waals surface area contributed by atoms with Crippen molar-refractivity contribution in [1.29, 1.82) is 0 Å². The lowest BCUT2D eigenvalue weighted by Gasteiger charge is -2.07. The number of hydrogen-bond acceptors (Lipinski definition) is 4. The van der Waals surface area contributed by atoms with Crippen LogP contribution in [0.4, 0.5) is 0 Å². The number of hydrogen-bond donors (Lipinski definition) is 2. The van der Waals surface area contributed by atoms with E-state index in [0.29, 0.717) is 12.2 Å². The molecule has 100 valence electrons. The Morgan fingerprint density at radius 3 is 2.74 bits per heavy atom. The molecule has 0 radical (unpaired) electrons. The van der Waals surface area contributed by atoms with Crippen molar-refractivity contribution in [1.82, 2.24) is 10.3 Å².